The first kappa shape index (κ1) is 26.3. The highest BCUT2D eigenvalue weighted by Gasteiger charge is 2.47. The summed E-state index contributed by atoms with van der Waals surface area (Å²) >= 11 is 0. The summed E-state index contributed by atoms with van der Waals surface area (Å²) in [6, 6.07) is 3.82. The molecule has 0 radical (unpaired) electrons. The molecule has 0 aromatic heterocycles. The Morgan fingerprint density at radius 3 is 2.26 bits per heavy atom. The largest absolute Gasteiger partial charge is 0.473 e. The van der Waals surface area contributed by atoms with Crippen molar-refractivity contribution in [1.29, 1.82) is 0 Å². The van der Waals surface area contributed by atoms with Crippen LogP contribution < -0.4 is 9.80 Å². The number of rotatable bonds is 3. The number of nitrogens with zero attached hydrogens (tertiary/aromatic N) is 4. The van der Waals surface area contributed by atoms with Crippen LogP contribution in [-0.4, -0.2) is 90.4 Å². The summed E-state index contributed by atoms with van der Waals surface area (Å²) in [7, 11) is 0. The molecule has 0 spiro atoms. The third-order valence-corrected chi connectivity index (χ3v) is 5.20. The first-order valence-corrected chi connectivity index (χ1v) is 10.7. The number of ether oxygens (including phenoxy) is 2. The minimum absolute atomic E-state index is 0.00506. The number of carbonyl (C=O) groups excluding carboxylic acids is 3. The van der Waals surface area contributed by atoms with Crippen molar-refractivity contribution in [1.82, 2.24) is 10.0 Å². The third kappa shape index (κ3) is 6.05. The van der Waals surface area contributed by atoms with Crippen LogP contribution in [0, 0.1) is 5.82 Å². The molecule has 2 aliphatic rings. The molecule has 2 aliphatic heterocycles. The summed E-state index contributed by atoms with van der Waals surface area (Å²) in [5.74, 6) is -3.02. The average molecular weight is 506 g/mol. The van der Waals surface area contributed by atoms with Gasteiger partial charge in [-0.1, -0.05) is 0 Å². The van der Waals surface area contributed by atoms with Gasteiger partial charge in [-0.15, -0.1) is 0 Å². The summed E-state index contributed by atoms with van der Waals surface area (Å²) in [6.45, 7) is 2.96. The first-order chi connectivity index (χ1) is 16.2. The third-order valence-electron chi connectivity index (χ3n) is 5.20. The van der Waals surface area contributed by atoms with E-state index in [4.69, 9.17) is 14.6 Å². The highest BCUT2D eigenvalue weighted by molar-refractivity contribution is 5.90. The molecule has 10 nitrogen and oxygen atoms in total. The minimum Gasteiger partial charge on any atom is -0.442 e. The number of hydrogen-bond donors (Lipinski definition) is 1. The van der Waals surface area contributed by atoms with Crippen molar-refractivity contribution in [2.24, 2.45) is 0 Å². The lowest BCUT2D eigenvalue weighted by Crippen LogP contribution is -2.55. The number of amides is 3. The topological polar surface area (TPSA) is 103 Å². The number of carbonyl (C=O) groups is 3. The second-order valence-electron chi connectivity index (χ2n) is 8.95. The molecule has 1 aromatic carbocycles. The monoisotopic (exact) mass is 506 g/mol. The minimum atomic E-state index is -5.24. The van der Waals surface area contributed by atoms with E-state index in [2.05, 4.69) is 0 Å². The van der Waals surface area contributed by atoms with Crippen LogP contribution >= 0.6 is 0 Å². The van der Waals surface area contributed by atoms with Gasteiger partial charge in [0.05, 0.1) is 37.6 Å². The number of anilines is 2. The van der Waals surface area contributed by atoms with Gasteiger partial charge in [0.25, 0.3) is 0 Å². The van der Waals surface area contributed by atoms with Crippen LogP contribution in [0.4, 0.5) is 38.5 Å². The molecule has 1 N–H and O–H groups in total. The van der Waals surface area contributed by atoms with Crippen LogP contribution in [-0.2, 0) is 14.3 Å². The zero-order valence-electron chi connectivity index (χ0n) is 19.3. The maximum atomic E-state index is 15.0. The van der Waals surface area contributed by atoms with E-state index in [0.717, 1.165) is 11.0 Å². The van der Waals surface area contributed by atoms with Crippen molar-refractivity contribution in [3.8, 4) is 0 Å². The second kappa shape index (κ2) is 9.76. The maximum absolute atomic E-state index is 15.0. The average Bonchev–Trinajstić information content (AvgIpc) is 2.98. The van der Waals surface area contributed by atoms with E-state index in [1.807, 2.05) is 0 Å². The molecule has 0 aliphatic carbocycles. The molecule has 35 heavy (non-hydrogen) atoms. The lowest BCUT2D eigenvalue weighted by Gasteiger charge is -2.34. The fraction of sp³-hybridized carbons (Fsp3) is 0.571. The van der Waals surface area contributed by atoms with Crippen LogP contribution in [0.1, 0.15) is 20.8 Å². The van der Waals surface area contributed by atoms with Crippen LogP contribution in [0.25, 0.3) is 0 Å². The summed E-state index contributed by atoms with van der Waals surface area (Å²) in [6.07, 6.45) is -7.87. The number of hydrogen-bond acceptors (Lipinski definition) is 7. The normalized spacial score (nSPS) is 19.5. The SMILES string of the molecule is CC(C)(C)OC(=O)N1CCN(c2ccc(N3C[C@H](CO)OC3=O)cc2F)CCN1C(=O)C(F)(F)F. The van der Waals surface area contributed by atoms with E-state index >= 15 is 4.39 Å². The number of aliphatic hydroxyl groups excluding tert-OH is 1. The zero-order valence-corrected chi connectivity index (χ0v) is 19.3. The summed E-state index contributed by atoms with van der Waals surface area (Å²) in [5.41, 5.74) is -0.847. The van der Waals surface area contributed by atoms with E-state index in [1.165, 1.54) is 37.8 Å². The predicted octanol–water partition coefficient (Wildman–Crippen LogP) is 2.51. The molecule has 1 aromatic rings. The van der Waals surface area contributed by atoms with Crippen LogP contribution in [0.15, 0.2) is 18.2 Å². The Hall–Kier alpha value is -3.29. The Kier molecular flexibility index (Phi) is 7.34. The Labute approximate surface area is 198 Å². The molecule has 2 fully saturated rings. The van der Waals surface area contributed by atoms with Crippen molar-refractivity contribution >= 4 is 29.5 Å². The van der Waals surface area contributed by atoms with Gasteiger partial charge in [-0.2, -0.15) is 13.2 Å². The van der Waals surface area contributed by atoms with Gasteiger partial charge in [0.1, 0.15) is 17.5 Å². The molecule has 14 heteroatoms. The predicted molar refractivity (Wildman–Crippen MR) is 114 cm³/mol. The van der Waals surface area contributed by atoms with Gasteiger partial charge < -0.3 is 19.5 Å². The van der Waals surface area contributed by atoms with Gasteiger partial charge in [-0.05, 0) is 39.0 Å². The lowest BCUT2D eigenvalue weighted by molar-refractivity contribution is -0.199. The summed E-state index contributed by atoms with van der Waals surface area (Å²) in [5, 5.41) is 9.99. The highest BCUT2D eigenvalue weighted by Crippen LogP contribution is 2.29. The molecule has 0 bridgehead atoms. The number of aliphatic hydroxyl groups is 1. The molecule has 3 rings (SSSR count). The second-order valence-corrected chi connectivity index (χ2v) is 8.95. The smallest absolute Gasteiger partial charge is 0.442 e. The molecule has 1 atom stereocenters. The Balaban J connectivity index is 1.83. The van der Waals surface area contributed by atoms with Gasteiger partial charge in [0.15, 0.2) is 0 Å². The van der Waals surface area contributed by atoms with E-state index < -0.39 is 54.9 Å². The highest BCUT2D eigenvalue weighted by atomic mass is 19.4. The quantitative estimate of drug-likeness (QED) is 0.629. The van der Waals surface area contributed by atoms with Gasteiger partial charge in [-0.3, -0.25) is 9.69 Å². The van der Waals surface area contributed by atoms with E-state index in [1.54, 1.807) is 0 Å². The molecule has 0 unspecified atom stereocenters. The van der Waals surface area contributed by atoms with Crippen LogP contribution in [0.5, 0.6) is 0 Å². The molecule has 3 amide bonds. The van der Waals surface area contributed by atoms with Gasteiger partial charge in [0, 0.05) is 13.1 Å². The number of halogens is 4. The van der Waals surface area contributed by atoms with Gasteiger partial charge in [0.2, 0.25) is 0 Å². The van der Waals surface area contributed by atoms with Crippen molar-refractivity contribution in [3.63, 3.8) is 0 Å². The first-order valence-electron chi connectivity index (χ1n) is 10.7. The van der Waals surface area contributed by atoms with Gasteiger partial charge in [-0.25, -0.2) is 24.0 Å². The molecule has 0 saturated carbocycles. The fourth-order valence-electron chi connectivity index (χ4n) is 3.63. The zero-order chi connectivity index (χ0) is 26.1. The van der Waals surface area contributed by atoms with Crippen molar-refractivity contribution in [3.05, 3.63) is 24.0 Å². The number of hydrazine groups is 1. The van der Waals surface area contributed by atoms with Crippen molar-refractivity contribution in [2.45, 2.75) is 38.7 Å². The number of benzene rings is 1. The Morgan fingerprint density at radius 2 is 1.74 bits per heavy atom. The number of cyclic esters (lactones) is 1. The lowest BCUT2D eigenvalue weighted by atomic mass is 10.2. The molecule has 194 valence electrons. The van der Waals surface area contributed by atoms with E-state index in [-0.39, 0.29) is 42.6 Å². The van der Waals surface area contributed by atoms with Crippen LogP contribution in [0.2, 0.25) is 0 Å². The van der Waals surface area contributed by atoms with Gasteiger partial charge >= 0.3 is 24.3 Å². The summed E-state index contributed by atoms with van der Waals surface area (Å²) in [4.78, 5) is 39.1. The Bertz CT molecular complexity index is 984. The summed E-state index contributed by atoms with van der Waals surface area (Å²) < 4.78 is 64.7. The Morgan fingerprint density at radius 1 is 1.11 bits per heavy atom. The van der Waals surface area contributed by atoms with Crippen molar-refractivity contribution in [2.75, 3.05) is 49.1 Å². The van der Waals surface area contributed by atoms with Crippen molar-refractivity contribution < 1.29 is 46.5 Å². The molecular formula is C21H26F4N4O6. The molecule has 2 heterocycles. The molecular weight excluding hydrogens is 480 g/mol. The number of alkyl halides is 3. The molecule has 2 saturated heterocycles. The maximum Gasteiger partial charge on any atom is 0.473 e. The van der Waals surface area contributed by atoms with Crippen LogP contribution in [0.3, 0.4) is 0 Å². The van der Waals surface area contributed by atoms with E-state index in [9.17, 15) is 27.6 Å². The standard InChI is InChI=1S/C21H26F4N4O6/c1-20(2,3)35-19(33)29-9-7-26(6-8-28(29)17(31)21(23,24)25)16-5-4-13(10-15(16)22)27-11-14(12-30)34-18(27)32/h4-5,10,14,30H,6-9,11-12H2,1-3H3/t14-/m1/s1. The van der Waals surface area contributed by atoms with E-state index in [0.29, 0.717) is 5.01 Å². The fourth-order valence-corrected chi connectivity index (χ4v) is 3.63.